The number of carbonyl (C=O) groups excluding carboxylic acids is 1. The molecule has 0 bridgehead atoms. The molecule has 0 unspecified atom stereocenters. The number of hydrogen-bond acceptors (Lipinski definition) is 5. The molecule has 0 atom stereocenters. The summed E-state index contributed by atoms with van der Waals surface area (Å²) in [4.78, 5) is 22.8. The van der Waals surface area contributed by atoms with Crippen LogP contribution in [-0.4, -0.2) is 25.4 Å². The predicted molar refractivity (Wildman–Crippen MR) is 101 cm³/mol. The van der Waals surface area contributed by atoms with Gasteiger partial charge in [-0.1, -0.05) is 24.3 Å². The van der Waals surface area contributed by atoms with Gasteiger partial charge >= 0.3 is 6.18 Å². The third-order valence-corrected chi connectivity index (χ3v) is 4.18. The zero-order chi connectivity index (χ0) is 21.2. The van der Waals surface area contributed by atoms with Gasteiger partial charge in [-0.2, -0.15) is 13.2 Å². The first-order valence-electron chi connectivity index (χ1n) is 8.76. The van der Waals surface area contributed by atoms with Crippen LogP contribution in [0.3, 0.4) is 0 Å². The topological polar surface area (TPSA) is 98.7 Å². The van der Waals surface area contributed by atoms with Crippen molar-refractivity contribution in [1.29, 1.82) is 0 Å². The van der Waals surface area contributed by atoms with Crippen molar-refractivity contribution in [1.82, 2.24) is 19.5 Å². The number of nitrogens with one attached hydrogen (secondary N) is 1. The molecule has 0 fully saturated rings. The van der Waals surface area contributed by atoms with Crippen molar-refractivity contribution in [2.24, 2.45) is 5.73 Å². The number of hydrogen-bond donors (Lipinski definition) is 2. The normalized spacial score (nSPS) is 11.7. The maximum atomic E-state index is 13.0. The predicted octanol–water partition coefficient (Wildman–Crippen LogP) is 3.65. The summed E-state index contributed by atoms with van der Waals surface area (Å²) < 4.78 is 40.6. The molecule has 3 N–H and O–H groups in total. The molecular weight excluding hydrogens is 385 g/mol. The minimum atomic E-state index is -4.50. The number of imidazole rings is 1. The van der Waals surface area contributed by atoms with E-state index in [4.69, 9.17) is 5.73 Å². The van der Waals surface area contributed by atoms with Crippen molar-refractivity contribution >= 4 is 11.9 Å². The number of alkyl halides is 3. The highest BCUT2D eigenvalue weighted by Gasteiger charge is 2.35. The van der Waals surface area contributed by atoms with E-state index in [0.717, 1.165) is 11.8 Å². The van der Waals surface area contributed by atoms with Crippen LogP contribution in [0.4, 0.5) is 19.1 Å². The van der Waals surface area contributed by atoms with Gasteiger partial charge in [-0.05, 0) is 19.4 Å². The Labute approximate surface area is 164 Å². The second-order valence-electron chi connectivity index (χ2n) is 6.66. The zero-order valence-electron chi connectivity index (χ0n) is 15.7. The molecule has 0 aliphatic carbocycles. The molecule has 152 valence electrons. The number of primary amides is 1. The largest absolute Gasteiger partial charge is 0.434 e. The SMILES string of the molecule is CC(C)n1cc(C(F)(F)F)nc1-c1ccc(CNc2ncc(C(N)=O)cn2)cc1. The average molecular weight is 404 g/mol. The number of amides is 1. The van der Waals surface area contributed by atoms with Gasteiger partial charge in [0.25, 0.3) is 5.91 Å². The van der Waals surface area contributed by atoms with E-state index in [2.05, 4.69) is 20.3 Å². The maximum Gasteiger partial charge on any atom is 0.434 e. The smallest absolute Gasteiger partial charge is 0.366 e. The lowest BCUT2D eigenvalue weighted by atomic mass is 10.1. The van der Waals surface area contributed by atoms with Crippen LogP contribution >= 0.6 is 0 Å². The molecule has 10 heteroatoms. The molecule has 0 aliphatic heterocycles. The number of benzene rings is 1. The second-order valence-corrected chi connectivity index (χ2v) is 6.66. The summed E-state index contributed by atoms with van der Waals surface area (Å²) in [5.74, 6) is -0.0259. The van der Waals surface area contributed by atoms with Crippen molar-refractivity contribution < 1.29 is 18.0 Å². The Bertz CT molecular complexity index is 994. The quantitative estimate of drug-likeness (QED) is 0.653. The van der Waals surface area contributed by atoms with Gasteiger partial charge in [0.1, 0.15) is 5.82 Å². The molecule has 29 heavy (non-hydrogen) atoms. The minimum Gasteiger partial charge on any atom is -0.366 e. The molecule has 3 rings (SSSR count). The van der Waals surface area contributed by atoms with Crippen molar-refractivity contribution in [2.75, 3.05) is 5.32 Å². The van der Waals surface area contributed by atoms with E-state index in [0.29, 0.717) is 18.1 Å². The van der Waals surface area contributed by atoms with E-state index in [1.807, 2.05) is 0 Å². The Morgan fingerprint density at radius 3 is 2.31 bits per heavy atom. The lowest BCUT2D eigenvalue weighted by Crippen LogP contribution is -2.12. The lowest BCUT2D eigenvalue weighted by Gasteiger charge is -2.12. The molecule has 0 aliphatic rings. The standard InChI is InChI=1S/C19H19F3N6O/c1-11(2)28-10-15(19(20,21)22)27-17(28)13-5-3-12(4-6-13)7-24-18-25-8-14(9-26-18)16(23)29/h3-6,8-11H,7H2,1-2H3,(H2,23,29)(H,24,25,26). The number of nitrogens with two attached hydrogens (primary N) is 1. The van der Waals surface area contributed by atoms with Crippen molar-refractivity contribution in [3.05, 3.63) is 59.7 Å². The fourth-order valence-corrected chi connectivity index (χ4v) is 2.64. The van der Waals surface area contributed by atoms with Gasteiger partial charge < -0.3 is 15.6 Å². The van der Waals surface area contributed by atoms with Gasteiger partial charge in [-0.3, -0.25) is 4.79 Å². The van der Waals surface area contributed by atoms with Crippen LogP contribution in [0.1, 0.15) is 41.5 Å². The molecule has 0 saturated carbocycles. The summed E-state index contributed by atoms with van der Waals surface area (Å²) in [5, 5.41) is 3.00. The highest BCUT2D eigenvalue weighted by molar-refractivity contribution is 5.92. The first-order chi connectivity index (χ1) is 13.6. The Morgan fingerprint density at radius 2 is 1.79 bits per heavy atom. The zero-order valence-corrected chi connectivity index (χ0v) is 15.7. The van der Waals surface area contributed by atoms with E-state index in [9.17, 15) is 18.0 Å². The van der Waals surface area contributed by atoms with Crippen LogP contribution in [0.25, 0.3) is 11.4 Å². The number of nitrogens with zero attached hydrogens (tertiary/aromatic N) is 4. The highest BCUT2D eigenvalue weighted by atomic mass is 19.4. The first-order valence-corrected chi connectivity index (χ1v) is 8.76. The third kappa shape index (κ3) is 4.71. The lowest BCUT2D eigenvalue weighted by molar-refractivity contribution is -0.140. The molecular formula is C19H19F3N6O. The number of carbonyl (C=O) groups is 1. The highest BCUT2D eigenvalue weighted by Crippen LogP contribution is 2.32. The molecule has 0 radical (unpaired) electrons. The summed E-state index contributed by atoms with van der Waals surface area (Å²) in [6.07, 6.45) is -0.819. The van der Waals surface area contributed by atoms with E-state index in [1.54, 1.807) is 38.1 Å². The minimum absolute atomic E-state index is 0.171. The third-order valence-electron chi connectivity index (χ3n) is 4.18. The number of anilines is 1. The van der Waals surface area contributed by atoms with E-state index in [1.165, 1.54) is 17.0 Å². The van der Waals surface area contributed by atoms with Gasteiger partial charge in [0, 0.05) is 36.7 Å². The van der Waals surface area contributed by atoms with Crippen LogP contribution in [0.5, 0.6) is 0 Å². The van der Waals surface area contributed by atoms with Gasteiger partial charge in [-0.15, -0.1) is 0 Å². The van der Waals surface area contributed by atoms with Crippen molar-refractivity contribution in [2.45, 2.75) is 32.6 Å². The summed E-state index contributed by atoms with van der Waals surface area (Å²) >= 11 is 0. The monoisotopic (exact) mass is 404 g/mol. The van der Waals surface area contributed by atoms with Crippen LogP contribution in [0.15, 0.2) is 42.9 Å². The summed E-state index contributed by atoms with van der Waals surface area (Å²) in [6, 6.07) is 6.83. The first kappa shape index (κ1) is 20.3. The van der Waals surface area contributed by atoms with Crippen LogP contribution in [0.2, 0.25) is 0 Å². The summed E-state index contributed by atoms with van der Waals surface area (Å²) in [7, 11) is 0. The number of rotatable bonds is 6. The molecule has 1 amide bonds. The van der Waals surface area contributed by atoms with E-state index >= 15 is 0 Å². The maximum absolute atomic E-state index is 13.0. The average Bonchev–Trinajstić information content (AvgIpc) is 3.13. The number of halogens is 3. The Morgan fingerprint density at radius 1 is 1.17 bits per heavy atom. The van der Waals surface area contributed by atoms with Crippen molar-refractivity contribution in [3.63, 3.8) is 0 Å². The molecule has 7 nitrogen and oxygen atoms in total. The fourth-order valence-electron chi connectivity index (χ4n) is 2.64. The number of aromatic nitrogens is 4. The van der Waals surface area contributed by atoms with Gasteiger partial charge in [0.2, 0.25) is 5.95 Å². The molecule has 0 saturated heterocycles. The van der Waals surface area contributed by atoms with Crippen LogP contribution in [-0.2, 0) is 12.7 Å². The second kappa shape index (κ2) is 7.90. The van der Waals surface area contributed by atoms with Crippen LogP contribution in [0, 0.1) is 0 Å². The van der Waals surface area contributed by atoms with Crippen molar-refractivity contribution in [3.8, 4) is 11.4 Å². The van der Waals surface area contributed by atoms with Gasteiger partial charge in [0.15, 0.2) is 5.69 Å². The van der Waals surface area contributed by atoms with Gasteiger partial charge in [0.05, 0.1) is 5.56 Å². The molecule has 2 aromatic heterocycles. The molecule has 0 spiro atoms. The Balaban J connectivity index is 1.75. The molecule has 2 heterocycles. The van der Waals surface area contributed by atoms with Gasteiger partial charge in [-0.25, -0.2) is 15.0 Å². The van der Waals surface area contributed by atoms with Crippen LogP contribution < -0.4 is 11.1 Å². The fraction of sp³-hybridized carbons (Fsp3) is 0.263. The summed E-state index contributed by atoms with van der Waals surface area (Å²) in [5.41, 5.74) is 5.88. The summed E-state index contributed by atoms with van der Waals surface area (Å²) in [6.45, 7) is 3.99. The Hall–Kier alpha value is -3.43. The Kier molecular flexibility index (Phi) is 5.53. The van der Waals surface area contributed by atoms with E-state index in [-0.39, 0.29) is 17.4 Å². The van der Waals surface area contributed by atoms with E-state index < -0.39 is 17.8 Å². The molecule has 3 aromatic rings. The molecule has 1 aromatic carbocycles.